The van der Waals surface area contributed by atoms with E-state index in [4.69, 9.17) is 9.47 Å². The number of carbonyl (C=O) groups excluding carboxylic acids is 1. The fourth-order valence-electron chi connectivity index (χ4n) is 5.88. The third-order valence-electron chi connectivity index (χ3n) is 7.72. The third kappa shape index (κ3) is 3.59. The van der Waals surface area contributed by atoms with Crippen LogP contribution in [0, 0.1) is 11.3 Å². The number of aromatic nitrogens is 2. The first-order chi connectivity index (χ1) is 17.5. The Labute approximate surface area is 213 Å². The number of aryl methyl sites for hydroxylation is 1. The number of nitrogens with zero attached hydrogens (tertiary/aromatic N) is 4. The molecule has 1 aromatic carbocycles. The van der Waals surface area contributed by atoms with Crippen molar-refractivity contribution in [2.75, 3.05) is 31.6 Å². The second-order valence-corrected chi connectivity index (χ2v) is 11.9. The third-order valence-corrected chi connectivity index (χ3v) is 8.89. The molecular formula is C27H29N5O3S. The number of likely N-dealkylation sites (tertiary alicyclic amines) is 1. The van der Waals surface area contributed by atoms with Crippen molar-refractivity contribution in [3.63, 3.8) is 0 Å². The Morgan fingerprint density at radius 3 is 2.92 bits per heavy atom. The molecule has 36 heavy (non-hydrogen) atoms. The summed E-state index contributed by atoms with van der Waals surface area (Å²) in [6.45, 7) is 8.06. The van der Waals surface area contributed by atoms with Crippen LogP contribution in [-0.4, -0.2) is 59.4 Å². The largest absolute Gasteiger partial charge is 0.489 e. The Bertz CT molecular complexity index is 1400. The van der Waals surface area contributed by atoms with Crippen molar-refractivity contribution in [1.29, 1.82) is 0 Å². The van der Waals surface area contributed by atoms with Gasteiger partial charge in [0.15, 0.2) is 0 Å². The smallest absolute Gasteiger partial charge is 0.226 e. The molecule has 0 saturated carbocycles. The molecule has 2 aromatic heterocycles. The van der Waals surface area contributed by atoms with Crippen molar-refractivity contribution < 1.29 is 14.3 Å². The van der Waals surface area contributed by atoms with Crippen molar-refractivity contribution in [1.82, 2.24) is 14.9 Å². The number of amides is 1. The van der Waals surface area contributed by atoms with E-state index in [0.29, 0.717) is 12.5 Å². The lowest BCUT2D eigenvalue weighted by molar-refractivity contribution is -0.197. The average Bonchev–Trinajstić information content (AvgIpc) is 3.40. The number of anilines is 2. The first kappa shape index (κ1) is 22.2. The van der Waals surface area contributed by atoms with E-state index in [1.54, 1.807) is 17.7 Å². The molecule has 3 aliphatic heterocycles. The maximum Gasteiger partial charge on any atom is 0.226 e. The maximum absolute atomic E-state index is 13.2. The normalized spacial score (nSPS) is 21.3. The molecule has 1 atom stereocenters. The lowest BCUT2D eigenvalue weighted by Crippen LogP contribution is -2.68. The second-order valence-electron chi connectivity index (χ2n) is 10.8. The number of hydrogen-bond donors (Lipinski definition) is 1. The van der Waals surface area contributed by atoms with Gasteiger partial charge in [-0.1, -0.05) is 0 Å². The molecule has 1 N–H and O–H groups in total. The Kier molecular flexibility index (Phi) is 5.08. The molecule has 8 nitrogen and oxygen atoms in total. The number of ether oxygens (including phenoxy) is 2. The highest BCUT2D eigenvalue weighted by atomic mass is 32.1. The average molecular weight is 504 g/mol. The van der Waals surface area contributed by atoms with Crippen molar-refractivity contribution in [3.8, 4) is 5.75 Å². The van der Waals surface area contributed by atoms with E-state index >= 15 is 0 Å². The molecule has 2 fully saturated rings. The molecule has 0 radical (unpaired) electrons. The molecule has 1 unspecified atom stereocenters. The van der Waals surface area contributed by atoms with Crippen LogP contribution in [0.2, 0.25) is 0 Å². The molecule has 1 aliphatic carbocycles. The number of rotatable bonds is 5. The zero-order valence-electron chi connectivity index (χ0n) is 20.5. The standard InChI is InChI=1S/C27H29N5O3S/c1-15(2)35-21-6-18-9-28-8-17(18)5-20(21)31-24-23-19-4-3-16(7-22(19)36-25(23)30-14-29-24)26(33)32-10-27(11-32)12-34-13-27/h5-6,8,14-16H,3-4,7,9-13H2,1-2H3,(H,29,30,31). The van der Waals surface area contributed by atoms with Gasteiger partial charge in [-0.25, -0.2) is 9.97 Å². The van der Waals surface area contributed by atoms with E-state index in [2.05, 4.69) is 32.4 Å². The van der Waals surface area contributed by atoms with Gasteiger partial charge in [0, 0.05) is 30.1 Å². The Hall–Kier alpha value is -3.04. The quantitative estimate of drug-likeness (QED) is 0.564. The van der Waals surface area contributed by atoms with Crippen molar-refractivity contribution in [3.05, 3.63) is 40.0 Å². The van der Waals surface area contributed by atoms with Gasteiger partial charge in [0.2, 0.25) is 5.91 Å². The lowest BCUT2D eigenvalue weighted by Gasteiger charge is -2.55. The Morgan fingerprint density at radius 1 is 1.28 bits per heavy atom. The van der Waals surface area contributed by atoms with Crippen LogP contribution in [0.1, 0.15) is 41.8 Å². The van der Waals surface area contributed by atoms with Gasteiger partial charge < -0.3 is 19.7 Å². The molecule has 1 amide bonds. The monoisotopic (exact) mass is 503 g/mol. The summed E-state index contributed by atoms with van der Waals surface area (Å²) < 4.78 is 11.5. The van der Waals surface area contributed by atoms with E-state index in [-0.39, 0.29) is 17.4 Å². The molecule has 0 bridgehead atoms. The fraction of sp³-hybridized carbons (Fsp3) is 0.481. The Balaban J connectivity index is 1.17. The van der Waals surface area contributed by atoms with Gasteiger partial charge in [-0.2, -0.15) is 0 Å². The van der Waals surface area contributed by atoms with E-state index in [1.807, 2.05) is 25.0 Å². The van der Waals surface area contributed by atoms with Gasteiger partial charge in [0.25, 0.3) is 0 Å². The minimum atomic E-state index is 0.0512. The van der Waals surface area contributed by atoms with Crippen LogP contribution in [0.15, 0.2) is 23.5 Å². The van der Waals surface area contributed by atoms with Crippen molar-refractivity contribution in [2.45, 2.75) is 45.8 Å². The topological polar surface area (TPSA) is 88.9 Å². The maximum atomic E-state index is 13.2. The predicted molar refractivity (Wildman–Crippen MR) is 140 cm³/mol. The first-order valence-electron chi connectivity index (χ1n) is 12.7. The van der Waals surface area contributed by atoms with Gasteiger partial charge >= 0.3 is 0 Å². The Morgan fingerprint density at radius 2 is 2.14 bits per heavy atom. The number of fused-ring (bicyclic) bond motifs is 4. The van der Waals surface area contributed by atoms with Crippen molar-refractivity contribution >= 4 is 45.2 Å². The zero-order valence-corrected chi connectivity index (χ0v) is 21.4. The summed E-state index contributed by atoms with van der Waals surface area (Å²) >= 11 is 1.70. The highest BCUT2D eigenvalue weighted by molar-refractivity contribution is 7.19. The summed E-state index contributed by atoms with van der Waals surface area (Å²) in [7, 11) is 0. The number of benzene rings is 1. The molecule has 4 aliphatic rings. The minimum Gasteiger partial charge on any atom is -0.489 e. The highest BCUT2D eigenvalue weighted by Crippen LogP contribution is 2.44. The van der Waals surface area contributed by atoms with E-state index in [1.165, 1.54) is 16.0 Å². The molecule has 2 saturated heterocycles. The molecule has 186 valence electrons. The van der Waals surface area contributed by atoms with Crippen LogP contribution in [0.5, 0.6) is 5.75 Å². The summed E-state index contributed by atoms with van der Waals surface area (Å²) in [6.07, 6.45) is 6.10. The molecule has 9 heteroatoms. The SMILES string of the molecule is CC(C)Oc1cc2c(cc1Nc1ncnc3sc4c(c13)CCC(C(=O)N1CC3(COC3)C1)C4)C=NC2. The molecule has 3 aromatic rings. The summed E-state index contributed by atoms with van der Waals surface area (Å²) in [5.74, 6) is 1.95. The summed E-state index contributed by atoms with van der Waals surface area (Å²) in [5.41, 5.74) is 4.69. The van der Waals surface area contributed by atoms with Crippen LogP contribution in [0.4, 0.5) is 11.5 Å². The summed E-state index contributed by atoms with van der Waals surface area (Å²) in [6, 6.07) is 4.18. The molecular weight excluding hydrogens is 474 g/mol. The lowest BCUT2D eigenvalue weighted by atomic mass is 9.76. The minimum absolute atomic E-state index is 0.0512. The van der Waals surface area contributed by atoms with Crippen LogP contribution >= 0.6 is 11.3 Å². The van der Waals surface area contributed by atoms with Gasteiger partial charge in [0.1, 0.15) is 22.7 Å². The van der Waals surface area contributed by atoms with E-state index in [9.17, 15) is 4.79 Å². The van der Waals surface area contributed by atoms with Crippen molar-refractivity contribution in [2.24, 2.45) is 16.3 Å². The van der Waals surface area contributed by atoms with Gasteiger partial charge in [-0.15, -0.1) is 11.3 Å². The summed E-state index contributed by atoms with van der Waals surface area (Å²) in [5, 5.41) is 4.63. The van der Waals surface area contributed by atoms with Crippen LogP contribution in [-0.2, 0) is 28.9 Å². The number of thiophene rings is 1. The fourth-order valence-corrected chi connectivity index (χ4v) is 7.15. The first-order valence-corrected chi connectivity index (χ1v) is 13.5. The highest BCUT2D eigenvalue weighted by Gasteiger charge is 2.51. The second kappa shape index (κ2) is 8.24. The number of carbonyl (C=O) groups is 1. The van der Waals surface area contributed by atoms with E-state index in [0.717, 1.165) is 78.6 Å². The summed E-state index contributed by atoms with van der Waals surface area (Å²) in [4.78, 5) is 31.1. The number of hydrogen-bond acceptors (Lipinski definition) is 8. The molecule has 1 spiro atoms. The number of nitrogens with one attached hydrogen (secondary N) is 1. The number of aliphatic imine (C=N–C) groups is 1. The van der Waals surface area contributed by atoms with Crippen LogP contribution in [0.25, 0.3) is 10.2 Å². The van der Waals surface area contributed by atoms with Gasteiger partial charge in [0.05, 0.1) is 42.4 Å². The van der Waals surface area contributed by atoms with E-state index < -0.39 is 0 Å². The predicted octanol–water partition coefficient (Wildman–Crippen LogP) is 4.12. The van der Waals surface area contributed by atoms with Gasteiger partial charge in [-0.05, 0) is 61.9 Å². The molecule has 7 rings (SSSR count). The molecule has 5 heterocycles. The van der Waals surface area contributed by atoms with Gasteiger partial charge in [-0.3, -0.25) is 9.79 Å². The van der Waals surface area contributed by atoms with Crippen LogP contribution in [0.3, 0.4) is 0 Å². The zero-order chi connectivity index (χ0) is 24.4. The van der Waals surface area contributed by atoms with Crippen LogP contribution < -0.4 is 10.1 Å².